The molecule has 160 valence electrons. The van der Waals surface area contributed by atoms with Crippen LogP contribution in [0.25, 0.3) is 0 Å². The molecule has 0 spiro atoms. The van der Waals surface area contributed by atoms with Crippen LogP contribution in [0.1, 0.15) is 82.4 Å². The van der Waals surface area contributed by atoms with Gasteiger partial charge in [0, 0.05) is 42.1 Å². The van der Waals surface area contributed by atoms with Crippen LogP contribution in [-0.2, 0) is 6.42 Å². The summed E-state index contributed by atoms with van der Waals surface area (Å²) in [5, 5.41) is 10.7. The zero-order valence-corrected chi connectivity index (χ0v) is 19.7. The number of halogens is 1. The van der Waals surface area contributed by atoms with Gasteiger partial charge in [0.2, 0.25) is 0 Å². The van der Waals surface area contributed by atoms with E-state index in [0.717, 1.165) is 28.7 Å². The van der Waals surface area contributed by atoms with Gasteiger partial charge in [-0.1, -0.05) is 64.5 Å². The molecule has 29 heavy (non-hydrogen) atoms. The van der Waals surface area contributed by atoms with E-state index >= 15 is 0 Å². The highest BCUT2D eigenvalue weighted by Crippen LogP contribution is 2.25. The first kappa shape index (κ1) is 23.9. The zero-order valence-electron chi connectivity index (χ0n) is 18.1. The van der Waals surface area contributed by atoms with E-state index < -0.39 is 6.10 Å². The van der Waals surface area contributed by atoms with E-state index in [2.05, 4.69) is 63.9 Å². The van der Waals surface area contributed by atoms with Crippen molar-refractivity contribution in [3.8, 4) is 0 Å². The third-order valence-electron chi connectivity index (χ3n) is 5.48. The molecule has 1 heterocycles. The molecule has 1 unspecified atom stereocenters. The van der Waals surface area contributed by atoms with E-state index in [1.54, 1.807) is 12.4 Å². The number of benzene rings is 1. The molecule has 1 aromatic carbocycles. The number of aliphatic hydroxyl groups is 1. The lowest BCUT2D eigenvalue weighted by Crippen LogP contribution is -2.25. The Morgan fingerprint density at radius 2 is 1.52 bits per heavy atom. The second-order valence-electron chi connectivity index (χ2n) is 7.89. The molecule has 4 heteroatoms. The largest absolute Gasteiger partial charge is 0.388 e. The maximum absolute atomic E-state index is 10.7. The number of nitrogens with zero attached hydrogens (tertiary/aromatic N) is 2. The topological polar surface area (TPSA) is 36.4 Å². The fraction of sp³-hybridized carbons (Fsp3) is 0.560. The zero-order chi connectivity index (χ0) is 20.9. The monoisotopic (exact) mass is 460 g/mol. The van der Waals surface area contributed by atoms with Crippen molar-refractivity contribution < 1.29 is 5.11 Å². The van der Waals surface area contributed by atoms with Crippen LogP contribution in [0.5, 0.6) is 0 Å². The van der Waals surface area contributed by atoms with Gasteiger partial charge in [0.25, 0.3) is 0 Å². The van der Waals surface area contributed by atoms with Crippen molar-refractivity contribution in [3.63, 3.8) is 0 Å². The Bertz CT molecular complexity index is 677. The molecular weight excluding hydrogens is 424 g/mol. The Balaban J connectivity index is 1.98. The van der Waals surface area contributed by atoms with E-state index in [1.165, 1.54) is 57.1 Å². The van der Waals surface area contributed by atoms with Crippen LogP contribution in [-0.4, -0.2) is 23.2 Å². The van der Waals surface area contributed by atoms with Crippen molar-refractivity contribution in [1.29, 1.82) is 0 Å². The summed E-state index contributed by atoms with van der Waals surface area (Å²) >= 11 is 3.52. The van der Waals surface area contributed by atoms with Crippen molar-refractivity contribution in [2.45, 2.75) is 77.7 Å². The Morgan fingerprint density at radius 3 is 2.07 bits per heavy atom. The summed E-state index contributed by atoms with van der Waals surface area (Å²) in [5.41, 5.74) is 3.32. The number of pyridine rings is 1. The van der Waals surface area contributed by atoms with Crippen molar-refractivity contribution in [3.05, 3.63) is 58.3 Å². The average Bonchev–Trinajstić information content (AvgIpc) is 2.74. The average molecular weight is 461 g/mol. The van der Waals surface area contributed by atoms with Gasteiger partial charge in [0.1, 0.15) is 0 Å². The number of rotatable bonds is 14. The first-order valence-corrected chi connectivity index (χ1v) is 12.1. The predicted octanol–water partition coefficient (Wildman–Crippen LogP) is 7.09. The Morgan fingerprint density at radius 1 is 0.897 bits per heavy atom. The summed E-state index contributed by atoms with van der Waals surface area (Å²) in [6, 6.07) is 10.5. The molecule has 1 aromatic heterocycles. The molecule has 2 aromatic rings. The normalized spacial score (nSPS) is 12.1. The number of hydrogen-bond acceptors (Lipinski definition) is 3. The number of anilines is 1. The number of aliphatic hydroxyl groups excluding tert-OH is 1. The van der Waals surface area contributed by atoms with E-state index in [1.807, 2.05) is 6.07 Å². The fourth-order valence-corrected chi connectivity index (χ4v) is 4.04. The predicted molar refractivity (Wildman–Crippen MR) is 128 cm³/mol. The summed E-state index contributed by atoms with van der Waals surface area (Å²) in [5.74, 6) is 0. The maximum Gasteiger partial charge on any atom is 0.0830 e. The minimum Gasteiger partial charge on any atom is -0.388 e. The van der Waals surface area contributed by atoms with Gasteiger partial charge in [-0.2, -0.15) is 0 Å². The van der Waals surface area contributed by atoms with E-state index in [9.17, 15) is 5.11 Å². The molecule has 0 aliphatic rings. The maximum atomic E-state index is 10.7. The molecule has 3 nitrogen and oxygen atoms in total. The van der Waals surface area contributed by atoms with Crippen LogP contribution in [0.3, 0.4) is 0 Å². The van der Waals surface area contributed by atoms with Gasteiger partial charge in [-0.3, -0.25) is 4.98 Å². The van der Waals surface area contributed by atoms with Crippen LogP contribution in [0, 0.1) is 0 Å². The smallest absolute Gasteiger partial charge is 0.0830 e. The second-order valence-corrected chi connectivity index (χ2v) is 8.74. The summed E-state index contributed by atoms with van der Waals surface area (Å²) in [6.07, 6.45) is 13.9. The Kier molecular flexibility index (Phi) is 11.3. The lowest BCUT2D eigenvalue weighted by molar-refractivity contribution is 0.178. The van der Waals surface area contributed by atoms with Crippen LogP contribution in [0.4, 0.5) is 5.69 Å². The van der Waals surface area contributed by atoms with Gasteiger partial charge in [-0.15, -0.1) is 0 Å². The van der Waals surface area contributed by atoms with E-state index in [0.29, 0.717) is 6.42 Å². The molecule has 0 aliphatic carbocycles. The van der Waals surface area contributed by atoms with Crippen LogP contribution >= 0.6 is 15.9 Å². The van der Waals surface area contributed by atoms with Crippen molar-refractivity contribution in [1.82, 2.24) is 4.98 Å². The van der Waals surface area contributed by atoms with Crippen molar-refractivity contribution in [2.75, 3.05) is 18.0 Å². The van der Waals surface area contributed by atoms with Crippen molar-refractivity contribution >= 4 is 21.6 Å². The third kappa shape index (κ3) is 8.47. The summed E-state index contributed by atoms with van der Waals surface area (Å²) in [4.78, 5) is 6.62. The van der Waals surface area contributed by atoms with Crippen LogP contribution in [0.2, 0.25) is 0 Å². The minimum atomic E-state index is -0.509. The van der Waals surface area contributed by atoms with Gasteiger partial charge in [0.05, 0.1) is 6.10 Å². The Labute approximate surface area is 185 Å². The molecule has 0 aliphatic heterocycles. The highest BCUT2D eigenvalue weighted by molar-refractivity contribution is 9.10. The quantitative estimate of drug-likeness (QED) is 0.305. The SMILES string of the molecule is CCCCCCN(CCCCCC)c1ccc(C(O)Cc2ccncc2Br)cc1. The van der Waals surface area contributed by atoms with Crippen molar-refractivity contribution in [2.24, 2.45) is 0 Å². The first-order valence-electron chi connectivity index (χ1n) is 11.3. The molecule has 0 saturated heterocycles. The number of unbranched alkanes of at least 4 members (excludes halogenated alkanes) is 6. The van der Waals surface area contributed by atoms with Gasteiger partial charge in [-0.05, 0) is 58.1 Å². The van der Waals surface area contributed by atoms with E-state index in [4.69, 9.17) is 0 Å². The van der Waals surface area contributed by atoms with Crippen LogP contribution in [0.15, 0.2) is 47.2 Å². The highest BCUT2D eigenvalue weighted by Gasteiger charge is 2.12. The van der Waals surface area contributed by atoms with Gasteiger partial charge in [0.15, 0.2) is 0 Å². The molecule has 1 atom stereocenters. The number of aromatic nitrogens is 1. The molecule has 0 radical (unpaired) electrons. The van der Waals surface area contributed by atoms with Gasteiger partial charge >= 0.3 is 0 Å². The van der Waals surface area contributed by atoms with Gasteiger partial charge < -0.3 is 10.0 Å². The molecule has 2 rings (SSSR count). The standard InChI is InChI=1S/C25H37BrN2O/c1-3-5-7-9-17-28(18-10-8-6-4-2)23-13-11-21(12-14-23)25(29)19-22-15-16-27-20-24(22)26/h11-16,20,25,29H,3-10,17-19H2,1-2H3. The molecule has 0 bridgehead atoms. The second kappa shape index (κ2) is 13.8. The molecule has 0 fully saturated rings. The van der Waals surface area contributed by atoms with Gasteiger partial charge in [-0.25, -0.2) is 0 Å². The lowest BCUT2D eigenvalue weighted by Gasteiger charge is -2.25. The fourth-order valence-electron chi connectivity index (χ4n) is 3.63. The number of hydrogen-bond donors (Lipinski definition) is 1. The summed E-state index contributed by atoms with van der Waals surface area (Å²) in [7, 11) is 0. The molecule has 0 saturated carbocycles. The summed E-state index contributed by atoms with van der Waals surface area (Å²) < 4.78 is 0.945. The lowest BCUT2D eigenvalue weighted by atomic mass is 10.0. The van der Waals surface area contributed by atoms with Crippen LogP contribution < -0.4 is 4.90 Å². The summed E-state index contributed by atoms with van der Waals surface area (Å²) in [6.45, 7) is 6.77. The molecular formula is C25H37BrN2O. The highest BCUT2D eigenvalue weighted by atomic mass is 79.9. The molecule has 0 amide bonds. The first-order chi connectivity index (χ1) is 14.2. The molecule has 1 N–H and O–H groups in total. The third-order valence-corrected chi connectivity index (χ3v) is 6.19. The van der Waals surface area contributed by atoms with E-state index in [-0.39, 0.29) is 0 Å². The Hall–Kier alpha value is -1.39. The minimum absolute atomic E-state index is 0.509.